The molecule has 0 aliphatic rings. The molecule has 0 fully saturated rings. The van der Waals surface area contributed by atoms with E-state index in [1.54, 1.807) is 18.1 Å². The molecule has 0 bridgehead atoms. The predicted octanol–water partition coefficient (Wildman–Crippen LogP) is 3.00. The van der Waals surface area contributed by atoms with Crippen LogP contribution in [-0.4, -0.2) is 42.8 Å². The smallest absolute Gasteiger partial charge is 0.322 e. The number of benzene rings is 1. The fourth-order valence-corrected chi connectivity index (χ4v) is 2.48. The van der Waals surface area contributed by atoms with Crippen molar-refractivity contribution in [3.63, 3.8) is 0 Å². The molecule has 0 saturated heterocycles. The zero-order chi connectivity index (χ0) is 15.1. The first-order chi connectivity index (χ1) is 9.53. The van der Waals surface area contributed by atoms with E-state index >= 15 is 0 Å². The number of hydrogen-bond donors (Lipinski definition) is 2. The normalized spacial score (nSPS) is 10.2. The molecule has 0 atom stereocenters. The Bertz CT molecular complexity index is 460. The summed E-state index contributed by atoms with van der Waals surface area (Å²) in [5.74, 6) is 0.602. The maximum atomic E-state index is 12.2. The maximum Gasteiger partial charge on any atom is 0.322 e. The number of ether oxygens (including phenoxy) is 1. The highest BCUT2D eigenvalue weighted by molar-refractivity contribution is 9.10. The van der Waals surface area contributed by atoms with Crippen molar-refractivity contribution < 1.29 is 14.6 Å². The maximum absolute atomic E-state index is 12.2. The van der Waals surface area contributed by atoms with Gasteiger partial charge in [0.15, 0.2) is 0 Å². The molecule has 0 aliphatic heterocycles. The van der Waals surface area contributed by atoms with Crippen LogP contribution in [-0.2, 0) is 0 Å². The molecule has 1 rings (SSSR count). The molecule has 6 heteroatoms. The zero-order valence-corrected chi connectivity index (χ0v) is 13.7. The molecule has 2 amide bonds. The van der Waals surface area contributed by atoms with Gasteiger partial charge in [-0.3, -0.25) is 0 Å². The number of carbonyl (C=O) groups excluding carboxylic acids is 1. The molecule has 0 spiro atoms. The predicted molar refractivity (Wildman–Crippen MR) is 83.4 cm³/mol. The highest BCUT2D eigenvalue weighted by Gasteiger charge is 2.16. The van der Waals surface area contributed by atoms with Gasteiger partial charge in [0.25, 0.3) is 0 Å². The minimum absolute atomic E-state index is 0.0517. The quantitative estimate of drug-likeness (QED) is 0.833. The number of amides is 2. The third-order valence-corrected chi connectivity index (χ3v) is 3.32. The van der Waals surface area contributed by atoms with Crippen LogP contribution in [0.1, 0.15) is 18.9 Å². The van der Waals surface area contributed by atoms with Crippen LogP contribution in [0.5, 0.6) is 5.75 Å². The molecule has 0 saturated carbocycles. The first-order valence-corrected chi connectivity index (χ1v) is 7.33. The van der Waals surface area contributed by atoms with Crippen LogP contribution in [0.2, 0.25) is 0 Å². The minimum atomic E-state index is -0.232. The summed E-state index contributed by atoms with van der Waals surface area (Å²) in [6, 6.07) is 3.48. The molecule has 1 aromatic carbocycles. The molecule has 2 N–H and O–H groups in total. The molecule has 0 aromatic heterocycles. The summed E-state index contributed by atoms with van der Waals surface area (Å²) in [6.45, 7) is 4.76. The van der Waals surface area contributed by atoms with Gasteiger partial charge in [-0.05, 0) is 31.0 Å². The van der Waals surface area contributed by atoms with Crippen molar-refractivity contribution >= 4 is 27.6 Å². The lowest BCUT2D eigenvalue weighted by atomic mass is 10.2. The Labute approximate surface area is 128 Å². The number of methoxy groups -OCH3 is 1. The number of rotatable bonds is 6. The first kappa shape index (κ1) is 16.8. The van der Waals surface area contributed by atoms with Crippen molar-refractivity contribution in [2.24, 2.45) is 0 Å². The average molecular weight is 345 g/mol. The number of carbonyl (C=O) groups is 1. The van der Waals surface area contributed by atoms with E-state index in [0.717, 1.165) is 16.5 Å². The summed E-state index contributed by atoms with van der Waals surface area (Å²) in [6.07, 6.45) is 0.837. The van der Waals surface area contributed by atoms with Crippen LogP contribution < -0.4 is 10.1 Å². The summed E-state index contributed by atoms with van der Waals surface area (Å²) in [5, 5.41) is 11.9. The Hall–Kier alpha value is -1.27. The number of anilines is 1. The highest BCUT2D eigenvalue weighted by atomic mass is 79.9. The van der Waals surface area contributed by atoms with E-state index in [1.807, 2.05) is 19.9 Å². The van der Waals surface area contributed by atoms with Crippen LogP contribution >= 0.6 is 15.9 Å². The Morgan fingerprint density at radius 1 is 1.45 bits per heavy atom. The second kappa shape index (κ2) is 8.11. The van der Waals surface area contributed by atoms with E-state index in [4.69, 9.17) is 9.84 Å². The van der Waals surface area contributed by atoms with Crippen molar-refractivity contribution in [2.75, 3.05) is 32.1 Å². The fraction of sp³-hybridized carbons (Fsp3) is 0.500. The third-order valence-electron chi connectivity index (χ3n) is 2.87. The molecule has 1 aromatic rings. The van der Waals surface area contributed by atoms with Crippen molar-refractivity contribution in [3.8, 4) is 5.75 Å². The average Bonchev–Trinajstić information content (AvgIpc) is 2.41. The molecule has 5 nitrogen and oxygen atoms in total. The van der Waals surface area contributed by atoms with Crippen LogP contribution in [0, 0.1) is 6.92 Å². The summed E-state index contributed by atoms with van der Waals surface area (Å²) in [7, 11) is 1.56. The summed E-state index contributed by atoms with van der Waals surface area (Å²) >= 11 is 3.40. The largest absolute Gasteiger partial charge is 0.495 e. The lowest BCUT2D eigenvalue weighted by Gasteiger charge is -2.23. The zero-order valence-electron chi connectivity index (χ0n) is 12.1. The number of aliphatic hydroxyl groups excluding tert-OH is 1. The van der Waals surface area contributed by atoms with Crippen molar-refractivity contribution in [1.82, 2.24) is 4.90 Å². The monoisotopic (exact) mass is 344 g/mol. The molecular formula is C14H21BrN2O3. The van der Waals surface area contributed by atoms with Crippen molar-refractivity contribution in [2.45, 2.75) is 20.3 Å². The molecule has 0 aliphatic carbocycles. The second-order valence-corrected chi connectivity index (χ2v) is 5.36. The van der Waals surface area contributed by atoms with Crippen LogP contribution in [0.4, 0.5) is 10.5 Å². The summed E-state index contributed by atoms with van der Waals surface area (Å²) in [5.41, 5.74) is 1.56. The highest BCUT2D eigenvalue weighted by Crippen LogP contribution is 2.32. The van der Waals surface area contributed by atoms with Crippen molar-refractivity contribution in [1.29, 1.82) is 0 Å². The molecule has 0 unspecified atom stereocenters. The topological polar surface area (TPSA) is 61.8 Å². The van der Waals surface area contributed by atoms with Gasteiger partial charge in [-0.1, -0.05) is 22.9 Å². The molecular weight excluding hydrogens is 324 g/mol. The van der Waals surface area contributed by atoms with E-state index in [-0.39, 0.29) is 12.6 Å². The van der Waals surface area contributed by atoms with Gasteiger partial charge in [0.05, 0.1) is 19.4 Å². The number of nitrogens with zero attached hydrogens (tertiary/aromatic N) is 1. The number of aryl methyl sites for hydroxylation is 1. The first-order valence-electron chi connectivity index (χ1n) is 6.54. The van der Waals surface area contributed by atoms with Gasteiger partial charge in [0.1, 0.15) is 5.75 Å². The number of aliphatic hydroxyl groups is 1. The van der Waals surface area contributed by atoms with E-state index in [9.17, 15) is 4.79 Å². The van der Waals surface area contributed by atoms with Gasteiger partial charge >= 0.3 is 6.03 Å². The Kier molecular flexibility index (Phi) is 6.81. The third kappa shape index (κ3) is 4.38. The Morgan fingerprint density at radius 2 is 2.15 bits per heavy atom. The number of hydrogen-bond acceptors (Lipinski definition) is 3. The van der Waals surface area contributed by atoms with Gasteiger partial charge in [-0.15, -0.1) is 0 Å². The SMILES string of the molecule is CCCN(CCO)C(=O)Nc1c(C)cc(Br)cc1OC. The molecule has 0 heterocycles. The van der Waals surface area contributed by atoms with Gasteiger partial charge in [-0.25, -0.2) is 4.79 Å². The Morgan fingerprint density at radius 3 is 2.70 bits per heavy atom. The van der Waals surface area contributed by atoms with Gasteiger partial charge < -0.3 is 20.1 Å². The number of nitrogens with one attached hydrogen (secondary N) is 1. The van der Waals surface area contributed by atoms with E-state index in [0.29, 0.717) is 24.5 Å². The fourth-order valence-electron chi connectivity index (χ4n) is 1.93. The van der Waals surface area contributed by atoms with Gasteiger partial charge in [0.2, 0.25) is 0 Å². The van der Waals surface area contributed by atoms with Crippen molar-refractivity contribution in [3.05, 3.63) is 22.2 Å². The summed E-state index contributed by atoms with van der Waals surface area (Å²) in [4.78, 5) is 13.8. The number of halogens is 1. The standard InChI is InChI=1S/C14H21BrN2O3/c1-4-5-17(6-7-18)14(19)16-13-10(2)8-11(15)9-12(13)20-3/h8-9,18H,4-7H2,1-3H3,(H,16,19). The minimum Gasteiger partial charge on any atom is -0.495 e. The molecule has 0 radical (unpaired) electrons. The lowest BCUT2D eigenvalue weighted by Crippen LogP contribution is -2.37. The molecule has 20 heavy (non-hydrogen) atoms. The summed E-state index contributed by atoms with van der Waals surface area (Å²) < 4.78 is 6.19. The lowest BCUT2D eigenvalue weighted by molar-refractivity contribution is 0.188. The van der Waals surface area contributed by atoms with Crippen LogP contribution in [0.25, 0.3) is 0 Å². The number of urea groups is 1. The van der Waals surface area contributed by atoms with Crippen LogP contribution in [0.15, 0.2) is 16.6 Å². The second-order valence-electron chi connectivity index (χ2n) is 4.44. The van der Waals surface area contributed by atoms with E-state index < -0.39 is 0 Å². The van der Waals surface area contributed by atoms with E-state index in [1.165, 1.54) is 0 Å². The van der Waals surface area contributed by atoms with E-state index in [2.05, 4.69) is 21.2 Å². The van der Waals surface area contributed by atoms with Gasteiger partial charge in [-0.2, -0.15) is 0 Å². The van der Waals surface area contributed by atoms with Crippen LogP contribution in [0.3, 0.4) is 0 Å². The van der Waals surface area contributed by atoms with Gasteiger partial charge in [0, 0.05) is 17.6 Å². The molecule has 112 valence electrons. The Balaban J connectivity index is 2.94.